The molecule has 2 rings (SSSR count). The van der Waals surface area contributed by atoms with Gasteiger partial charge in [0.25, 0.3) is 5.91 Å². The molecule has 0 N–H and O–H groups in total. The van der Waals surface area contributed by atoms with Crippen molar-refractivity contribution in [2.45, 2.75) is 13.8 Å². The molecule has 0 saturated carbocycles. The maximum absolute atomic E-state index is 11.7. The number of rotatable bonds is 1. The number of likely N-dealkylation sites (N-methyl/N-ethyl adjacent to an activating group) is 1. The summed E-state index contributed by atoms with van der Waals surface area (Å²) in [6, 6.07) is 1.44. The van der Waals surface area contributed by atoms with Gasteiger partial charge in [-0.05, 0) is 31.0 Å². The first kappa shape index (κ1) is 10.6. The molecule has 84 valence electrons. The van der Waals surface area contributed by atoms with Gasteiger partial charge in [-0.25, -0.2) is 14.7 Å². The van der Waals surface area contributed by atoms with Crippen LogP contribution in [0.4, 0.5) is 10.6 Å². The molecule has 0 unspecified atom stereocenters. The third-order valence-corrected chi connectivity index (χ3v) is 2.73. The lowest BCUT2D eigenvalue weighted by Crippen LogP contribution is -2.32. The average molecular weight is 219 g/mol. The number of nitrogens with zero attached hydrogens (tertiary/aromatic N) is 3. The van der Waals surface area contributed by atoms with Crippen LogP contribution in [0.3, 0.4) is 0 Å². The molecule has 0 bridgehead atoms. The van der Waals surface area contributed by atoms with Crippen LogP contribution in [-0.4, -0.2) is 35.4 Å². The minimum absolute atomic E-state index is 0.118. The second-order valence-corrected chi connectivity index (χ2v) is 3.99. The molecule has 3 amide bonds. The van der Waals surface area contributed by atoms with Crippen molar-refractivity contribution in [3.8, 4) is 0 Å². The largest absolute Gasteiger partial charge is 0.332 e. The smallest absolute Gasteiger partial charge is 0.318 e. The summed E-state index contributed by atoms with van der Waals surface area (Å²) < 4.78 is 0. The molecular formula is C11H13N3O2. The first-order chi connectivity index (χ1) is 7.50. The lowest BCUT2D eigenvalue weighted by Gasteiger charge is -2.13. The zero-order valence-corrected chi connectivity index (χ0v) is 9.52. The molecule has 1 saturated heterocycles. The molecule has 0 aromatic carbocycles. The van der Waals surface area contributed by atoms with E-state index in [0.717, 1.165) is 16.0 Å². The zero-order valence-electron chi connectivity index (χ0n) is 9.52. The van der Waals surface area contributed by atoms with E-state index in [2.05, 4.69) is 4.98 Å². The van der Waals surface area contributed by atoms with Crippen molar-refractivity contribution in [2.24, 2.45) is 0 Å². The molecule has 0 aliphatic carbocycles. The van der Waals surface area contributed by atoms with Crippen molar-refractivity contribution in [3.05, 3.63) is 23.4 Å². The third kappa shape index (κ3) is 1.54. The molecule has 5 nitrogen and oxygen atoms in total. The van der Waals surface area contributed by atoms with Crippen molar-refractivity contribution in [1.29, 1.82) is 0 Å². The minimum Gasteiger partial charge on any atom is -0.318 e. The van der Waals surface area contributed by atoms with Gasteiger partial charge in [0.15, 0.2) is 0 Å². The Bertz CT molecular complexity index is 470. The Labute approximate surface area is 93.7 Å². The van der Waals surface area contributed by atoms with Crippen molar-refractivity contribution in [2.75, 3.05) is 18.5 Å². The predicted molar refractivity (Wildman–Crippen MR) is 59.2 cm³/mol. The summed E-state index contributed by atoms with van der Waals surface area (Å²) in [5.41, 5.74) is 2.05. The number of anilines is 1. The monoisotopic (exact) mass is 219 g/mol. The molecule has 1 aromatic heterocycles. The second kappa shape index (κ2) is 3.59. The van der Waals surface area contributed by atoms with Crippen LogP contribution in [0.5, 0.6) is 0 Å². The zero-order chi connectivity index (χ0) is 11.9. The van der Waals surface area contributed by atoms with Crippen LogP contribution < -0.4 is 4.90 Å². The first-order valence-corrected chi connectivity index (χ1v) is 5.02. The van der Waals surface area contributed by atoms with E-state index in [0.29, 0.717) is 5.82 Å². The molecule has 16 heavy (non-hydrogen) atoms. The third-order valence-electron chi connectivity index (χ3n) is 2.73. The molecule has 1 aromatic rings. The number of carbonyl (C=O) groups is 2. The summed E-state index contributed by atoms with van der Waals surface area (Å²) in [5.74, 6) is 0.172. The second-order valence-electron chi connectivity index (χ2n) is 3.99. The first-order valence-electron chi connectivity index (χ1n) is 5.02. The van der Waals surface area contributed by atoms with E-state index in [9.17, 15) is 9.59 Å². The van der Waals surface area contributed by atoms with Crippen LogP contribution in [-0.2, 0) is 4.79 Å². The Morgan fingerprint density at radius 1 is 1.25 bits per heavy atom. The van der Waals surface area contributed by atoms with Gasteiger partial charge in [0.05, 0.1) is 0 Å². The Morgan fingerprint density at radius 3 is 2.44 bits per heavy atom. The maximum atomic E-state index is 11.7. The summed E-state index contributed by atoms with van der Waals surface area (Å²) in [4.78, 5) is 29.9. The van der Waals surface area contributed by atoms with E-state index in [1.54, 1.807) is 19.3 Å². The Morgan fingerprint density at radius 2 is 1.94 bits per heavy atom. The summed E-state index contributed by atoms with van der Waals surface area (Å²) in [6.45, 7) is 3.98. The molecule has 2 heterocycles. The summed E-state index contributed by atoms with van der Waals surface area (Å²) in [6.07, 6.45) is 1.67. The van der Waals surface area contributed by atoms with Gasteiger partial charge in [0.2, 0.25) is 0 Å². The molecule has 1 aliphatic rings. The molecular weight excluding hydrogens is 206 g/mol. The van der Waals surface area contributed by atoms with Crippen LogP contribution in [0.1, 0.15) is 11.1 Å². The number of pyridine rings is 1. The topological polar surface area (TPSA) is 53.5 Å². The highest BCUT2D eigenvalue weighted by Gasteiger charge is 2.35. The van der Waals surface area contributed by atoms with E-state index < -0.39 is 0 Å². The summed E-state index contributed by atoms with van der Waals surface area (Å²) in [5, 5.41) is 0. The average Bonchev–Trinajstić information content (AvgIpc) is 2.47. The fourth-order valence-electron chi connectivity index (χ4n) is 1.58. The number of hydrogen-bond acceptors (Lipinski definition) is 3. The van der Waals surface area contributed by atoms with Crippen molar-refractivity contribution in [3.63, 3.8) is 0 Å². The van der Waals surface area contributed by atoms with Gasteiger partial charge in [-0.3, -0.25) is 4.79 Å². The van der Waals surface area contributed by atoms with Crippen LogP contribution >= 0.6 is 0 Å². The van der Waals surface area contributed by atoms with E-state index in [-0.39, 0.29) is 18.5 Å². The number of aromatic nitrogens is 1. The van der Waals surface area contributed by atoms with E-state index in [4.69, 9.17) is 0 Å². The Balaban J connectivity index is 2.41. The fourth-order valence-corrected chi connectivity index (χ4v) is 1.58. The highest BCUT2D eigenvalue weighted by Crippen LogP contribution is 2.20. The molecule has 5 heteroatoms. The van der Waals surface area contributed by atoms with Gasteiger partial charge < -0.3 is 4.90 Å². The molecule has 1 fully saturated rings. The minimum atomic E-state index is -0.319. The number of amides is 3. The van der Waals surface area contributed by atoms with Crippen LogP contribution in [0, 0.1) is 13.8 Å². The van der Waals surface area contributed by atoms with Crippen molar-refractivity contribution < 1.29 is 9.59 Å². The summed E-state index contributed by atoms with van der Waals surface area (Å²) in [7, 11) is 1.60. The number of carbonyl (C=O) groups excluding carboxylic acids is 2. The van der Waals surface area contributed by atoms with Crippen molar-refractivity contribution in [1.82, 2.24) is 9.88 Å². The standard InChI is InChI=1S/C11H13N3O2/c1-7-4-9(12-5-8(7)2)14-10(15)6-13(3)11(14)16/h4-5H,6H2,1-3H3. The molecule has 1 aliphatic heterocycles. The Hall–Kier alpha value is -1.91. The maximum Gasteiger partial charge on any atom is 0.332 e. The van der Waals surface area contributed by atoms with E-state index >= 15 is 0 Å². The molecule has 0 radical (unpaired) electrons. The number of imide groups is 1. The van der Waals surface area contributed by atoms with Gasteiger partial charge >= 0.3 is 6.03 Å². The van der Waals surface area contributed by atoms with Gasteiger partial charge in [-0.2, -0.15) is 0 Å². The van der Waals surface area contributed by atoms with Gasteiger partial charge in [0, 0.05) is 13.2 Å². The number of aryl methyl sites for hydroxylation is 2. The highest BCUT2D eigenvalue weighted by molar-refractivity contribution is 6.19. The van der Waals surface area contributed by atoms with Crippen LogP contribution in [0.15, 0.2) is 12.3 Å². The van der Waals surface area contributed by atoms with Gasteiger partial charge in [0.1, 0.15) is 12.4 Å². The number of hydrogen-bond donors (Lipinski definition) is 0. The lowest BCUT2D eigenvalue weighted by atomic mass is 10.2. The van der Waals surface area contributed by atoms with Gasteiger partial charge in [-0.1, -0.05) is 0 Å². The van der Waals surface area contributed by atoms with E-state index in [1.807, 2.05) is 13.8 Å². The van der Waals surface area contributed by atoms with Crippen LogP contribution in [0.2, 0.25) is 0 Å². The quantitative estimate of drug-likeness (QED) is 0.664. The molecule has 0 spiro atoms. The van der Waals surface area contributed by atoms with Crippen LogP contribution in [0.25, 0.3) is 0 Å². The number of urea groups is 1. The fraction of sp³-hybridized carbons (Fsp3) is 0.364. The van der Waals surface area contributed by atoms with Gasteiger partial charge in [-0.15, -0.1) is 0 Å². The Kier molecular flexibility index (Phi) is 2.38. The molecule has 0 atom stereocenters. The van der Waals surface area contributed by atoms with Crippen molar-refractivity contribution >= 4 is 17.8 Å². The SMILES string of the molecule is Cc1cnc(N2C(=O)CN(C)C2=O)cc1C. The predicted octanol–water partition coefficient (Wildman–Crippen LogP) is 1.10. The highest BCUT2D eigenvalue weighted by atomic mass is 16.2. The van der Waals surface area contributed by atoms with E-state index in [1.165, 1.54) is 4.90 Å². The lowest BCUT2D eigenvalue weighted by molar-refractivity contribution is -0.116. The summed E-state index contributed by atoms with van der Waals surface area (Å²) >= 11 is 0. The normalized spacial score (nSPS) is 16.2.